The van der Waals surface area contributed by atoms with Gasteiger partial charge >= 0.3 is 0 Å². The number of anilines is 2. The van der Waals surface area contributed by atoms with Crippen molar-refractivity contribution in [2.45, 2.75) is 11.3 Å². The van der Waals surface area contributed by atoms with Crippen molar-refractivity contribution in [1.82, 2.24) is 10.2 Å². The maximum Gasteiger partial charge on any atom is 0.293 e. The SMILES string of the molecule is CNc1nnc(SCC(=O)Nc2c(C)cccc2[N+](=O)[O-])s1. The zero-order valence-electron chi connectivity index (χ0n) is 11.8. The molecule has 10 heteroatoms. The third-order valence-electron chi connectivity index (χ3n) is 2.66. The van der Waals surface area contributed by atoms with Crippen molar-refractivity contribution in [3.63, 3.8) is 0 Å². The second-order valence-electron chi connectivity index (χ2n) is 4.19. The maximum atomic E-state index is 12.0. The van der Waals surface area contributed by atoms with E-state index < -0.39 is 4.92 Å². The topological polar surface area (TPSA) is 110 Å². The molecule has 2 aromatic rings. The van der Waals surface area contributed by atoms with Crippen LogP contribution in [0, 0.1) is 17.0 Å². The van der Waals surface area contributed by atoms with Crippen LogP contribution in [0.15, 0.2) is 22.5 Å². The third-order valence-corrected chi connectivity index (χ3v) is 4.73. The first-order valence-corrected chi connectivity index (χ1v) is 7.99. The molecule has 0 saturated heterocycles. The fourth-order valence-corrected chi connectivity index (χ4v) is 3.14. The van der Waals surface area contributed by atoms with Crippen LogP contribution >= 0.6 is 23.1 Å². The molecular weight excluding hydrogens is 326 g/mol. The summed E-state index contributed by atoms with van der Waals surface area (Å²) in [6.45, 7) is 1.71. The summed E-state index contributed by atoms with van der Waals surface area (Å²) in [4.78, 5) is 22.5. The Morgan fingerprint density at radius 2 is 2.23 bits per heavy atom. The Bertz CT molecular complexity index is 704. The summed E-state index contributed by atoms with van der Waals surface area (Å²) < 4.78 is 0.652. The van der Waals surface area contributed by atoms with E-state index in [0.29, 0.717) is 15.0 Å². The van der Waals surface area contributed by atoms with Crippen molar-refractivity contribution in [2.75, 3.05) is 23.4 Å². The van der Waals surface area contributed by atoms with Crippen LogP contribution in [0.1, 0.15) is 5.56 Å². The molecule has 8 nitrogen and oxygen atoms in total. The minimum atomic E-state index is -0.514. The molecule has 1 aromatic carbocycles. The highest BCUT2D eigenvalue weighted by Crippen LogP contribution is 2.29. The quantitative estimate of drug-likeness (QED) is 0.472. The van der Waals surface area contributed by atoms with E-state index in [0.717, 1.165) is 0 Å². The summed E-state index contributed by atoms with van der Waals surface area (Å²) >= 11 is 2.56. The van der Waals surface area contributed by atoms with Gasteiger partial charge in [-0.1, -0.05) is 35.2 Å². The summed E-state index contributed by atoms with van der Waals surface area (Å²) in [6, 6.07) is 4.65. The van der Waals surface area contributed by atoms with Crippen LogP contribution in [-0.2, 0) is 4.79 Å². The number of rotatable bonds is 6. The molecule has 116 valence electrons. The van der Waals surface area contributed by atoms with E-state index in [2.05, 4.69) is 20.8 Å². The number of hydrogen-bond donors (Lipinski definition) is 2. The number of para-hydroxylation sites is 1. The molecular formula is C12H13N5O3S2. The van der Waals surface area contributed by atoms with Crippen molar-refractivity contribution in [1.29, 1.82) is 0 Å². The summed E-state index contributed by atoms with van der Waals surface area (Å²) in [5.41, 5.74) is 0.749. The molecule has 0 radical (unpaired) electrons. The Hall–Kier alpha value is -2.20. The molecule has 1 heterocycles. The minimum absolute atomic E-state index is 0.101. The van der Waals surface area contributed by atoms with E-state index in [1.54, 1.807) is 26.1 Å². The van der Waals surface area contributed by atoms with Gasteiger partial charge in [-0.25, -0.2) is 0 Å². The van der Waals surface area contributed by atoms with E-state index in [1.807, 2.05) is 0 Å². The maximum absolute atomic E-state index is 12.0. The first kappa shape index (κ1) is 16.2. The van der Waals surface area contributed by atoms with Crippen LogP contribution in [0.4, 0.5) is 16.5 Å². The number of nitro groups is 1. The largest absolute Gasteiger partial charge is 0.363 e. The normalized spacial score (nSPS) is 10.3. The van der Waals surface area contributed by atoms with Gasteiger partial charge in [0.2, 0.25) is 11.0 Å². The Kier molecular flexibility index (Phi) is 5.28. The second-order valence-corrected chi connectivity index (χ2v) is 6.39. The number of aryl methyl sites for hydroxylation is 1. The second kappa shape index (κ2) is 7.18. The van der Waals surface area contributed by atoms with Gasteiger partial charge in [-0.3, -0.25) is 14.9 Å². The van der Waals surface area contributed by atoms with Gasteiger partial charge in [0.25, 0.3) is 5.69 Å². The van der Waals surface area contributed by atoms with Gasteiger partial charge in [-0.15, -0.1) is 10.2 Å². The van der Waals surface area contributed by atoms with Crippen LogP contribution < -0.4 is 10.6 Å². The molecule has 0 aliphatic rings. The fourth-order valence-electron chi connectivity index (χ4n) is 1.64. The molecule has 2 rings (SSSR count). The predicted molar refractivity (Wildman–Crippen MR) is 86.6 cm³/mol. The zero-order chi connectivity index (χ0) is 16.1. The lowest BCUT2D eigenvalue weighted by Gasteiger charge is -2.08. The molecule has 1 amide bonds. The number of thioether (sulfide) groups is 1. The Labute approximate surface area is 134 Å². The van der Waals surface area contributed by atoms with Gasteiger partial charge < -0.3 is 10.6 Å². The van der Waals surface area contributed by atoms with Crippen molar-refractivity contribution in [3.05, 3.63) is 33.9 Å². The lowest BCUT2D eigenvalue weighted by atomic mass is 10.1. The van der Waals surface area contributed by atoms with E-state index >= 15 is 0 Å². The van der Waals surface area contributed by atoms with Gasteiger partial charge in [-0.2, -0.15) is 0 Å². The number of hydrogen-bond acceptors (Lipinski definition) is 8. The van der Waals surface area contributed by atoms with Gasteiger partial charge in [-0.05, 0) is 12.5 Å². The predicted octanol–water partition coefficient (Wildman–Crippen LogP) is 2.53. The van der Waals surface area contributed by atoms with Crippen molar-refractivity contribution in [3.8, 4) is 0 Å². The Morgan fingerprint density at radius 1 is 1.45 bits per heavy atom. The molecule has 0 bridgehead atoms. The summed E-state index contributed by atoms with van der Waals surface area (Å²) in [5, 5.41) is 24.9. The number of benzene rings is 1. The number of carbonyl (C=O) groups is 1. The number of carbonyl (C=O) groups excluding carboxylic acids is 1. The van der Waals surface area contributed by atoms with Gasteiger partial charge in [0.1, 0.15) is 5.69 Å². The molecule has 0 aliphatic heterocycles. The molecule has 0 saturated carbocycles. The van der Waals surface area contributed by atoms with E-state index in [-0.39, 0.29) is 23.0 Å². The van der Waals surface area contributed by atoms with Crippen LogP contribution in [0.5, 0.6) is 0 Å². The number of nitro benzene ring substituents is 1. The first-order chi connectivity index (χ1) is 10.5. The van der Waals surface area contributed by atoms with Gasteiger partial charge in [0.15, 0.2) is 4.34 Å². The van der Waals surface area contributed by atoms with Crippen LogP contribution in [0.3, 0.4) is 0 Å². The highest BCUT2D eigenvalue weighted by atomic mass is 32.2. The van der Waals surface area contributed by atoms with E-state index in [9.17, 15) is 14.9 Å². The average molecular weight is 339 g/mol. The van der Waals surface area contributed by atoms with E-state index in [1.165, 1.54) is 29.2 Å². The zero-order valence-corrected chi connectivity index (χ0v) is 13.5. The molecule has 0 atom stereocenters. The molecule has 22 heavy (non-hydrogen) atoms. The number of nitrogens with one attached hydrogen (secondary N) is 2. The highest BCUT2D eigenvalue weighted by Gasteiger charge is 2.18. The lowest BCUT2D eigenvalue weighted by molar-refractivity contribution is -0.384. The van der Waals surface area contributed by atoms with E-state index in [4.69, 9.17) is 0 Å². The minimum Gasteiger partial charge on any atom is -0.363 e. The molecule has 1 aromatic heterocycles. The fraction of sp³-hybridized carbons (Fsp3) is 0.250. The Morgan fingerprint density at radius 3 is 2.86 bits per heavy atom. The standard InChI is InChI=1S/C12H13N5O3S2/c1-7-4-3-5-8(17(19)20)10(7)14-9(18)6-21-12-16-15-11(13-2)22-12/h3-5H,6H2,1-2H3,(H,13,15)(H,14,18). The number of nitrogens with zero attached hydrogens (tertiary/aromatic N) is 3. The van der Waals surface area contributed by atoms with Crippen molar-refractivity contribution in [2.24, 2.45) is 0 Å². The van der Waals surface area contributed by atoms with Gasteiger partial charge in [0.05, 0.1) is 10.7 Å². The van der Waals surface area contributed by atoms with Crippen LogP contribution in [0.25, 0.3) is 0 Å². The summed E-state index contributed by atoms with van der Waals surface area (Å²) in [7, 11) is 1.74. The van der Waals surface area contributed by atoms with Crippen molar-refractivity contribution < 1.29 is 9.72 Å². The average Bonchev–Trinajstić information content (AvgIpc) is 2.95. The summed E-state index contributed by atoms with van der Waals surface area (Å²) in [5.74, 6) is -0.229. The molecule has 0 aliphatic carbocycles. The van der Waals surface area contributed by atoms with Crippen LogP contribution in [0.2, 0.25) is 0 Å². The summed E-state index contributed by atoms with van der Waals surface area (Å²) in [6.07, 6.45) is 0. The smallest absolute Gasteiger partial charge is 0.293 e. The molecule has 0 fully saturated rings. The highest BCUT2D eigenvalue weighted by molar-refractivity contribution is 8.01. The lowest BCUT2D eigenvalue weighted by Crippen LogP contribution is -2.16. The Balaban J connectivity index is 2.02. The monoisotopic (exact) mass is 339 g/mol. The molecule has 0 spiro atoms. The van der Waals surface area contributed by atoms with Crippen LogP contribution in [-0.4, -0.2) is 33.8 Å². The molecule has 0 unspecified atom stereocenters. The number of amides is 1. The molecule has 2 N–H and O–H groups in total. The first-order valence-electron chi connectivity index (χ1n) is 6.19. The number of aromatic nitrogens is 2. The van der Waals surface area contributed by atoms with Crippen molar-refractivity contribution >= 4 is 45.5 Å². The third kappa shape index (κ3) is 3.92. The van der Waals surface area contributed by atoms with Gasteiger partial charge in [0, 0.05) is 13.1 Å².